The minimum atomic E-state index is -0.109. The van der Waals surface area contributed by atoms with Gasteiger partial charge in [0.15, 0.2) is 0 Å². The van der Waals surface area contributed by atoms with Gasteiger partial charge in [0.05, 0.1) is 11.7 Å². The summed E-state index contributed by atoms with van der Waals surface area (Å²) in [6.07, 6.45) is 0.238. The summed E-state index contributed by atoms with van der Waals surface area (Å²) in [5, 5.41) is 0.871. The third kappa shape index (κ3) is 3.23. The van der Waals surface area contributed by atoms with Crippen LogP contribution in [0.1, 0.15) is 25.2 Å². The van der Waals surface area contributed by atoms with Crippen LogP contribution in [0, 0.1) is 13.8 Å². The number of rotatable bonds is 2. The molecule has 1 aromatic heterocycles. The largest absolute Gasteiger partial charge is 0.368 e. The maximum Gasteiger partial charge on any atom is 0.0854 e. The number of anilines is 1. The molecule has 0 N–H and O–H groups in total. The Labute approximate surface area is 118 Å². The minimum absolute atomic E-state index is 0.109. The molecule has 1 atom stereocenters. The molecule has 4 heteroatoms. The molecule has 1 fully saturated rings. The summed E-state index contributed by atoms with van der Waals surface area (Å²) in [7, 11) is 0. The molecule has 3 nitrogen and oxygen atoms in total. The van der Waals surface area contributed by atoms with Crippen molar-refractivity contribution in [2.24, 2.45) is 0 Å². The van der Waals surface area contributed by atoms with Crippen LogP contribution in [0.2, 0.25) is 0 Å². The molecular weight excluding hydrogens is 292 g/mol. The van der Waals surface area contributed by atoms with Gasteiger partial charge in [0.1, 0.15) is 0 Å². The van der Waals surface area contributed by atoms with E-state index in [9.17, 15) is 0 Å². The van der Waals surface area contributed by atoms with E-state index >= 15 is 0 Å². The third-order valence-corrected chi connectivity index (χ3v) is 3.81. The van der Waals surface area contributed by atoms with Gasteiger partial charge in [0.25, 0.3) is 0 Å². The number of hydrogen-bond acceptors (Lipinski definition) is 3. The van der Waals surface area contributed by atoms with Gasteiger partial charge in [-0.25, -0.2) is 0 Å². The predicted molar refractivity (Wildman–Crippen MR) is 78.7 cm³/mol. The second-order valence-electron chi connectivity index (χ2n) is 5.64. The van der Waals surface area contributed by atoms with Crippen molar-refractivity contribution in [2.75, 3.05) is 23.3 Å². The van der Waals surface area contributed by atoms with Crippen molar-refractivity contribution >= 4 is 21.6 Å². The molecule has 100 valence electrons. The van der Waals surface area contributed by atoms with E-state index in [1.54, 1.807) is 0 Å². The smallest absolute Gasteiger partial charge is 0.0854 e. The molecule has 2 rings (SSSR count). The summed E-state index contributed by atoms with van der Waals surface area (Å²) in [5.74, 6) is 0. The normalized spacial score (nSPS) is 23.2. The highest BCUT2D eigenvalue weighted by Gasteiger charge is 2.33. The molecule has 0 saturated carbocycles. The van der Waals surface area contributed by atoms with Crippen molar-refractivity contribution in [1.82, 2.24) is 4.98 Å². The molecule has 1 saturated heterocycles. The first kappa shape index (κ1) is 13.8. The average Bonchev–Trinajstić information content (AvgIpc) is 2.25. The number of pyridine rings is 1. The van der Waals surface area contributed by atoms with Crippen molar-refractivity contribution in [3.63, 3.8) is 0 Å². The Morgan fingerprint density at radius 2 is 2.00 bits per heavy atom. The molecule has 2 heterocycles. The second-order valence-corrected chi connectivity index (χ2v) is 6.29. The second kappa shape index (κ2) is 5.17. The van der Waals surface area contributed by atoms with Crippen LogP contribution in [0.25, 0.3) is 0 Å². The van der Waals surface area contributed by atoms with Crippen molar-refractivity contribution < 1.29 is 4.74 Å². The first-order valence-electron chi connectivity index (χ1n) is 6.34. The Morgan fingerprint density at radius 1 is 1.39 bits per heavy atom. The fourth-order valence-corrected chi connectivity index (χ4v) is 2.90. The number of aryl methyl sites for hydroxylation is 2. The molecule has 0 bridgehead atoms. The Balaban J connectivity index is 2.26. The first-order chi connectivity index (χ1) is 8.39. The monoisotopic (exact) mass is 312 g/mol. The van der Waals surface area contributed by atoms with Crippen LogP contribution < -0.4 is 4.90 Å². The lowest BCUT2D eigenvalue weighted by Gasteiger charge is -2.43. The molecule has 1 unspecified atom stereocenters. The zero-order valence-electron chi connectivity index (χ0n) is 11.5. The van der Waals surface area contributed by atoms with E-state index in [0.717, 1.165) is 29.8 Å². The Kier molecular flexibility index (Phi) is 3.97. The van der Waals surface area contributed by atoms with Crippen LogP contribution in [0.3, 0.4) is 0 Å². The number of aromatic nitrogens is 1. The Hall–Kier alpha value is -0.610. The van der Waals surface area contributed by atoms with Gasteiger partial charge in [-0.3, -0.25) is 4.98 Å². The van der Waals surface area contributed by atoms with Crippen LogP contribution >= 0.6 is 15.9 Å². The Bertz CT molecular complexity index is 414. The number of alkyl halides is 1. The van der Waals surface area contributed by atoms with Crippen LogP contribution in [-0.4, -0.2) is 35.1 Å². The van der Waals surface area contributed by atoms with Gasteiger partial charge in [-0.1, -0.05) is 15.9 Å². The third-order valence-electron chi connectivity index (χ3n) is 3.08. The number of nitrogens with zero attached hydrogens (tertiary/aromatic N) is 2. The number of morpholine rings is 1. The lowest BCUT2D eigenvalue weighted by Crippen LogP contribution is -2.53. The lowest BCUT2D eigenvalue weighted by molar-refractivity contribution is -0.0724. The molecule has 1 aromatic rings. The van der Waals surface area contributed by atoms with E-state index in [1.807, 2.05) is 13.8 Å². The van der Waals surface area contributed by atoms with Crippen molar-refractivity contribution in [3.8, 4) is 0 Å². The van der Waals surface area contributed by atoms with Gasteiger partial charge >= 0.3 is 0 Å². The summed E-state index contributed by atoms with van der Waals surface area (Å²) in [4.78, 5) is 6.84. The molecular formula is C14H21BrN2O. The summed E-state index contributed by atoms with van der Waals surface area (Å²) in [6, 6.07) is 4.30. The minimum Gasteiger partial charge on any atom is -0.368 e. The van der Waals surface area contributed by atoms with Crippen LogP contribution in [0.15, 0.2) is 12.1 Å². The SMILES string of the molecule is Cc1cc(N2CC(CBr)OC(C)(C)C2)cc(C)n1. The quantitative estimate of drug-likeness (QED) is 0.785. The molecule has 0 spiro atoms. The predicted octanol–water partition coefficient (Wildman–Crippen LogP) is 3.08. The van der Waals surface area contributed by atoms with Crippen molar-refractivity contribution in [2.45, 2.75) is 39.4 Å². The topological polar surface area (TPSA) is 25.4 Å². The van der Waals surface area contributed by atoms with E-state index in [2.05, 4.69) is 51.8 Å². The van der Waals surface area contributed by atoms with E-state index in [0.29, 0.717) is 0 Å². The van der Waals surface area contributed by atoms with Gasteiger partial charge in [0, 0.05) is 35.5 Å². The van der Waals surface area contributed by atoms with Crippen LogP contribution in [0.5, 0.6) is 0 Å². The summed E-state index contributed by atoms with van der Waals surface area (Å²) < 4.78 is 6.03. The highest BCUT2D eigenvalue weighted by Crippen LogP contribution is 2.27. The van der Waals surface area contributed by atoms with E-state index in [1.165, 1.54) is 5.69 Å². The highest BCUT2D eigenvalue weighted by molar-refractivity contribution is 9.09. The molecule has 0 aromatic carbocycles. The van der Waals surface area contributed by atoms with Gasteiger partial charge < -0.3 is 9.64 Å². The van der Waals surface area contributed by atoms with Crippen LogP contribution in [-0.2, 0) is 4.74 Å². The fourth-order valence-electron chi connectivity index (χ4n) is 2.57. The highest BCUT2D eigenvalue weighted by atomic mass is 79.9. The number of hydrogen-bond donors (Lipinski definition) is 0. The molecule has 0 radical (unpaired) electrons. The summed E-state index contributed by atoms with van der Waals surface area (Å²) >= 11 is 3.53. The van der Waals surface area contributed by atoms with E-state index in [4.69, 9.17) is 4.74 Å². The fraction of sp³-hybridized carbons (Fsp3) is 0.643. The zero-order valence-corrected chi connectivity index (χ0v) is 13.1. The van der Waals surface area contributed by atoms with E-state index < -0.39 is 0 Å². The molecule has 0 aliphatic carbocycles. The van der Waals surface area contributed by atoms with Gasteiger partial charge in [-0.15, -0.1) is 0 Å². The van der Waals surface area contributed by atoms with E-state index in [-0.39, 0.29) is 11.7 Å². The lowest BCUT2D eigenvalue weighted by atomic mass is 10.0. The van der Waals surface area contributed by atoms with Gasteiger partial charge in [0.2, 0.25) is 0 Å². The van der Waals surface area contributed by atoms with Gasteiger partial charge in [-0.2, -0.15) is 0 Å². The standard InChI is InChI=1S/C14H21BrN2O/c1-10-5-12(6-11(2)16-10)17-8-13(7-15)18-14(3,4)9-17/h5-6,13H,7-9H2,1-4H3. The maximum absolute atomic E-state index is 6.03. The Morgan fingerprint density at radius 3 is 2.56 bits per heavy atom. The number of halogens is 1. The average molecular weight is 313 g/mol. The first-order valence-corrected chi connectivity index (χ1v) is 7.46. The molecule has 1 aliphatic rings. The summed E-state index contributed by atoms with van der Waals surface area (Å²) in [6.45, 7) is 10.2. The van der Waals surface area contributed by atoms with Crippen molar-refractivity contribution in [3.05, 3.63) is 23.5 Å². The molecule has 1 aliphatic heterocycles. The zero-order chi connectivity index (χ0) is 13.3. The summed E-state index contributed by atoms with van der Waals surface area (Å²) in [5.41, 5.74) is 3.29. The molecule has 0 amide bonds. The molecule has 18 heavy (non-hydrogen) atoms. The number of ether oxygens (including phenoxy) is 1. The maximum atomic E-state index is 6.03. The van der Waals surface area contributed by atoms with Crippen LogP contribution in [0.4, 0.5) is 5.69 Å². The van der Waals surface area contributed by atoms with Crippen molar-refractivity contribution in [1.29, 1.82) is 0 Å². The van der Waals surface area contributed by atoms with Gasteiger partial charge in [-0.05, 0) is 39.8 Å².